The van der Waals surface area contributed by atoms with Gasteiger partial charge in [0.25, 0.3) is 5.91 Å². The maximum absolute atomic E-state index is 13.6. The van der Waals surface area contributed by atoms with Crippen LogP contribution in [0.2, 0.25) is 0 Å². The van der Waals surface area contributed by atoms with E-state index in [1.807, 2.05) is 0 Å². The van der Waals surface area contributed by atoms with E-state index in [4.69, 9.17) is 14.2 Å². The molecular weight excluding hydrogens is 659 g/mol. The Kier molecular flexibility index (Phi) is 10.4. The fourth-order valence-corrected chi connectivity index (χ4v) is 7.10. The number of hydrogen-bond acceptors (Lipinski definition) is 10. The standard InChI is InChI=1S/C31H30F3N5O6S2/c1-4-45-29(42)26-20-9-6-10-23(20)47-28(26)36-25(40)16-46-30-38-37-24(39(30)19-8-5-7-18(14-19)31(32,33)34)15-35-27(41)17-11-12-21(43-2)22(13-17)44-3/h5,7-8,11-14H,4,6,9-10,15-16H2,1-3H3,(H,35,41)(H,36,40). The normalized spacial score (nSPS) is 12.4. The number of thiophene rings is 1. The van der Waals surface area contributed by atoms with Crippen LogP contribution in [0.15, 0.2) is 47.6 Å². The van der Waals surface area contributed by atoms with Gasteiger partial charge in [-0.05, 0) is 68.1 Å². The van der Waals surface area contributed by atoms with Crippen molar-refractivity contribution in [3.05, 3.63) is 75.4 Å². The number of nitrogens with zero attached hydrogens (tertiary/aromatic N) is 3. The van der Waals surface area contributed by atoms with Gasteiger partial charge in [0.1, 0.15) is 5.00 Å². The summed E-state index contributed by atoms with van der Waals surface area (Å²) in [6, 6.07) is 9.15. The van der Waals surface area contributed by atoms with E-state index in [1.165, 1.54) is 54.4 Å². The van der Waals surface area contributed by atoms with Gasteiger partial charge in [-0.25, -0.2) is 4.79 Å². The summed E-state index contributed by atoms with van der Waals surface area (Å²) < 4.78 is 57.9. The smallest absolute Gasteiger partial charge is 0.416 e. The minimum atomic E-state index is -4.61. The molecule has 16 heteroatoms. The number of nitrogens with one attached hydrogen (secondary N) is 2. The van der Waals surface area contributed by atoms with Crippen molar-refractivity contribution in [3.8, 4) is 17.2 Å². The van der Waals surface area contributed by atoms with Crippen LogP contribution in [0.5, 0.6) is 11.5 Å². The molecule has 2 aromatic carbocycles. The molecule has 0 radical (unpaired) electrons. The van der Waals surface area contributed by atoms with Crippen LogP contribution in [0, 0.1) is 0 Å². The molecule has 0 aliphatic heterocycles. The van der Waals surface area contributed by atoms with E-state index < -0.39 is 29.5 Å². The predicted molar refractivity (Wildman–Crippen MR) is 169 cm³/mol. The summed E-state index contributed by atoms with van der Waals surface area (Å²) >= 11 is 2.28. The number of amides is 2. The Morgan fingerprint density at radius 2 is 1.83 bits per heavy atom. The second kappa shape index (κ2) is 14.5. The van der Waals surface area contributed by atoms with Crippen molar-refractivity contribution in [2.75, 3.05) is 31.9 Å². The molecule has 0 saturated carbocycles. The van der Waals surface area contributed by atoms with Crippen molar-refractivity contribution in [3.63, 3.8) is 0 Å². The molecule has 0 atom stereocenters. The average Bonchev–Trinajstić information content (AvgIpc) is 3.76. The lowest BCUT2D eigenvalue weighted by atomic mass is 10.1. The highest BCUT2D eigenvalue weighted by Gasteiger charge is 2.31. The molecule has 1 aliphatic rings. The van der Waals surface area contributed by atoms with Crippen molar-refractivity contribution >= 4 is 45.9 Å². The number of rotatable bonds is 12. The maximum atomic E-state index is 13.6. The van der Waals surface area contributed by atoms with Gasteiger partial charge in [-0.1, -0.05) is 17.8 Å². The Bertz CT molecular complexity index is 1810. The zero-order valence-electron chi connectivity index (χ0n) is 25.5. The summed E-state index contributed by atoms with van der Waals surface area (Å²) in [6.45, 7) is 1.69. The molecule has 1 aliphatic carbocycles. The third-order valence-corrected chi connectivity index (χ3v) is 9.31. The Balaban J connectivity index is 1.37. The number of thioether (sulfide) groups is 1. The van der Waals surface area contributed by atoms with Crippen molar-refractivity contribution in [2.45, 2.75) is 44.1 Å². The number of ether oxygens (including phenoxy) is 3. The first-order valence-corrected chi connectivity index (χ1v) is 16.2. The minimum absolute atomic E-state index is 0.0855. The van der Waals surface area contributed by atoms with E-state index in [1.54, 1.807) is 13.0 Å². The second-order valence-electron chi connectivity index (χ2n) is 10.2. The van der Waals surface area contributed by atoms with Gasteiger partial charge in [0.2, 0.25) is 5.91 Å². The van der Waals surface area contributed by atoms with E-state index in [0.29, 0.717) is 22.1 Å². The van der Waals surface area contributed by atoms with Gasteiger partial charge in [0.15, 0.2) is 22.5 Å². The number of aromatic nitrogens is 3. The molecule has 0 fully saturated rings. The van der Waals surface area contributed by atoms with Crippen molar-refractivity contribution in [2.24, 2.45) is 0 Å². The zero-order chi connectivity index (χ0) is 33.7. The number of esters is 1. The van der Waals surface area contributed by atoms with Gasteiger partial charge in [0, 0.05) is 10.4 Å². The first-order valence-electron chi connectivity index (χ1n) is 14.4. The largest absolute Gasteiger partial charge is 0.493 e. The SMILES string of the molecule is CCOC(=O)c1c(NC(=O)CSc2nnc(CNC(=O)c3ccc(OC)c(OC)c3)n2-c2cccc(C(F)(F)F)c2)sc2c1CCC2. The van der Waals surface area contributed by atoms with Crippen LogP contribution in [-0.4, -0.2) is 59.1 Å². The highest BCUT2D eigenvalue weighted by atomic mass is 32.2. The Labute approximate surface area is 275 Å². The fraction of sp³-hybridized carbons (Fsp3) is 0.323. The number of carbonyl (C=O) groups is 3. The Morgan fingerprint density at radius 3 is 2.55 bits per heavy atom. The molecule has 2 amide bonds. The molecule has 2 heterocycles. The van der Waals surface area contributed by atoms with Gasteiger partial charge < -0.3 is 24.8 Å². The number of alkyl halides is 3. The van der Waals surface area contributed by atoms with Gasteiger partial charge in [-0.15, -0.1) is 21.5 Å². The number of anilines is 1. The highest BCUT2D eigenvalue weighted by molar-refractivity contribution is 7.99. The van der Waals surface area contributed by atoms with Crippen molar-refractivity contribution in [1.82, 2.24) is 20.1 Å². The molecule has 0 bridgehead atoms. The van der Waals surface area contributed by atoms with Crippen LogP contribution in [0.3, 0.4) is 0 Å². The average molecular weight is 690 g/mol. The summed E-state index contributed by atoms with van der Waals surface area (Å²) in [7, 11) is 2.90. The highest BCUT2D eigenvalue weighted by Crippen LogP contribution is 2.40. The lowest BCUT2D eigenvalue weighted by Gasteiger charge is -2.14. The number of methoxy groups -OCH3 is 2. The molecule has 4 aromatic rings. The fourth-order valence-electron chi connectivity index (χ4n) is 5.03. The number of aryl methyl sites for hydroxylation is 1. The maximum Gasteiger partial charge on any atom is 0.416 e. The van der Waals surface area contributed by atoms with Crippen LogP contribution in [0.25, 0.3) is 5.69 Å². The molecule has 2 aromatic heterocycles. The molecule has 11 nitrogen and oxygen atoms in total. The summed E-state index contributed by atoms with van der Waals surface area (Å²) in [5, 5.41) is 14.3. The molecular formula is C31H30F3N5O6S2. The number of fused-ring (bicyclic) bond motifs is 1. The van der Waals surface area contributed by atoms with Crippen LogP contribution in [0.4, 0.5) is 18.2 Å². The molecule has 0 unspecified atom stereocenters. The second-order valence-corrected chi connectivity index (χ2v) is 12.2. The van der Waals surface area contributed by atoms with E-state index in [9.17, 15) is 27.6 Å². The van der Waals surface area contributed by atoms with E-state index in [0.717, 1.165) is 53.6 Å². The molecule has 248 valence electrons. The van der Waals surface area contributed by atoms with Crippen molar-refractivity contribution < 1.29 is 41.8 Å². The molecule has 0 spiro atoms. The topological polar surface area (TPSA) is 134 Å². The first kappa shape index (κ1) is 33.8. The summed E-state index contributed by atoms with van der Waals surface area (Å²) in [5.41, 5.74) is 0.695. The van der Waals surface area contributed by atoms with E-state index in [2.05, 4.69) is 20.8 Å². The first-order chi connectivity index (χ1) is 22.5. The lowest BCUT2D eigenvalue weighted by Crippen LogP contribution is -2.25. The van der Waals surface area contributed by atoms with Gasteiger partial charge in [0.05, 0.1) is 49.9 Å². The number of carbonyl (C=O) groups excluding carboxylic acids is 3. The molecule has 47 heavy (non-hydrogen) atoms. The third-order valence-electron chi connectivity index (χ3n) is 7.17. The van der Waals surface area contributed by atoms with Crippen molar-refractivity contribution in [1.29, 1.82) is 0 Å². The minimum Gasteiger partial charge on any atom is -0.493 e. The monoisotopic (exact) mass is 689 g/mol. The van der Waals surface area contributed by atoms with Gasteiger partial charge >= 0.3 is 12.1 Å². The summed E-state index contributed by atoms with van der Waals surface area (Å²) in [6.07, 6.45) is -2.17. The van der Waals surface area contributed by atoms with Crippen LogP contribution in [-0.2, 0) is 35.1 Å². The summed E-state index contributed by atoms with van der Waals surface area (Å²) in [4.78, 5) is 39.8. The van der Waals surface area contributed by atoms with Gasteiger partial charge in [-0.3, -0.25) is 14.2 Å². The number of hydrogen-bond donors (Lipinski definition) is 2. The van der Waals surface area contributed by atoms with E-state index in [-0.39, 0.29) is 41.1 Å². The number of benzene rings is 2. The third kappa shape index (κ3) is 7.54. The predicted octanol–water partition coefficient (Wildman–Crippen LogP) is 5.69. The molecule has 5 rings (SSSR count). The Hall–Kier alpha value is -4.57. The lowest BCUT2D eigenvalue weighted by molar-refractivity contribution is -0.137. The molecule has 2 N–H and O–H groups in total. The zero-order valence-corrected chi connectivity index (χ0v) is 27.2. The summed E-state index contributed by atoms with van der Waals surface area (Å²) in [5.74, 6) is -0.759. The number of halogens is 3. The Morgan fingerprint density at radius 1 is 1.04 bits per heavy atom. The van der Waals surface area contributed by atoms with Crippen LogP contribution >= 0.6 is 23.1 Å². The quantitative estimate of drug-likeness (QED) is 0.142. The van der Waals surface area contributed by atoms with Crippen LogP contribution < -0.4 is 20.1 Å². The van der Waals surface area contributed by atoms with Crippen LogP contribution in [0.1, 0.15) is 55.9 Å². The molecule has 0 saturated heterocycles. The van der Waals surface area contributed by atoms with E-state index >= 15 is 0 Å². The van der Waals surface area contributed by atoms with Gasteiger partial charge in [-0.2, -0.15) is 13.2 Å².